The molecule has 3 N–H and O–H groups in total. The molecule has 0 bridgehead atoms. The van der Waals surface area contributed by atoms with E-state index in [-0.39, 0.29) is 23.7 Å². The van der Waals surface area contributed by atoms with E-state index in [1.165, 1.54) is 0 Å². The molecule has 152 valence electrons. The number of anilines is 1. The molecule has 0 aliphatic heterocycles. The Hall–Kier alpha value is -2.38. The summed E-state index contributed by atoms with van der Waals surface area (Å²) >= 11 is 0. The third kappa shape index (κ3) is 6.07. The minimum absolute atomic E-state index is 0.0220. The van der Waals surface area contributed by atoms with Gasteiger partial charge in [-0.25, -0.2) is 8.42 Å². The molecule has 0 aromatic heterocycles. The molecule has 6 nitrogen and oxygen atoms in total. The minimum atomic E-state index is -3.42. The molecule has 2 aromatic rings. The van der Waals surface area contributed by atoms with Gasteiger partial charge in [0.15, 0.2) is 15.8 Å². The van der Waals surface area contributed by atoms with Crippen LogP contribution in [0.4, 0.5) is 5.69 Å². The Labute approximate surface area is 167 Å². The lowest BCUT2D eigenvalue weighted by Crippen LogP contribution is -2.24. The zero-order valence-electron chi connectivity index (χ0n) is 16.9. The highest BCUT2D eigenvalue weighted by Gasteiger charge is 2.17. The smallest absolute Gasteiger partial charge is 0.193 e. The molecule has 0 heterocycles. The van der Waals surface area contributed by atoms with Gasteiger partial charge in [-0.15, -0.1) is 0 Å². The number of nitrogens with one attached hydrogen (secondary N) is 1. The fraction of sp³-hybridized carbons (Fsp3) is 0.381. The van der Waals surface area contributed by atoms with Crippen LogP contribution in [0.3, 0.4) is 0 Å². The Bertz CT molecular complexity index is 915. The van der Waals surface area contributed by atoms with Crippen molar-refractivity contribution in [3.63, 3.8) is 0 Å². The SMILES string of the molecule is COCc1ccccc1NC(N)=NCCS(=O)(=O)c1ccc(C(C)(C)C)cc1. The molecular formula is C21H29N3O3S. The average molecular weight is 404 g/mol. The molecule has 0 amide bonds. The second kappa shape index (κ2) is 9.21. The van der Waals surface area contributed by atoms with Gasteiger partial charge in [-0.3, -0.25) is 4.99 Å². The monoisotopic (exact) mass is 403 g/mol. The van der Waals surface area contributed by atoms with Gasteiger partial charge in [0.1, 0.15) is 0 Å². The fourth-order valence-electron chi connectivity index (χ4n) is 2.67. The van der Waals surface area contributed by atoms with Crippen molar-refractivity contribution in [1.29, 1.82) is 0 Å². The highest BCUT2D eigenvalue weighted by atomic mass is 32.2. The summed E-state index contributed by atoms with van der Waals surface area (Å²) in [6.45, 7) is 6.79. The molecule has 0 aliphatic rings. The van der Waals surface area contributed by atoms with E-state index >= 15 is 0 Å². The zero-order chi connectivity index (χ0) is 20.8. The maximum Gasteiger partial charge on any atom is 0.193 e. The lowest BCUT2D eigenvalue weighted by Gasteiger charge is -2.19. The normalized spacial score (nSPS) is 12.8. The Morgan fingerprint density at radius 2 is 1.75 bits per heavy atom. The summed E-state index contributed by atoms with van der Waals surface area (Å²) in [6.07, 6.45) is 0. The molecule has 7 heteroatoms. The summed E-state index contributed by atoms with van der Waals surface area (Å²) < 4.78 is 30.2. The summed E-state index contributed by atoms with van der Waals surface area (Å²) in [5.74, 6) is 0.0612. The second-order valence-corrected chi connectivity index (χ2v) is 9.68. The van der Waals surface area contributed by atoms with E-state index in [9.17, 15) is 8.42 Å². The number of hydrogen-bond donors (Lipinski definition) is 2. The number of nitrogens with two attached hydrogens (primary N) is 1. The number of sulfone groups is 1. The minimum Gasteiger partial charge on any atom is -0.380 e. The molecule has 0 radical (unpaired) electrons. The van der Waals surface area contributed by atoms with Crippen LogP contribution < -0.4 is 11.1 Å². The first-order valence-electron chi connectivity index (χ1n) is 9.10. The average Bonchev–Trinajstić information content (AvgIpc) is 2.63. The summed E-state index contributed by atoms with van der Waals surface area (Å²) in [5, 5.41) is 3.00. The van der Waals surface area contributed by atoms with E-state index in [0.717, 1.165) is 16.8 Å². The molecule has 0 atom stereocenters. The maximum atomic E-state index is 12.5. The van der Waals surface area contributed by atoms with Crippen molar-refractivity contribution in [1.82, 2.24) is 0 Å². The topological polar surface area (TPSA) is 93.8 Å². The van der Waals surface area contributed by atoms with E-state index in [0.29, 0.717) is 11.5 Å². The van der Waals surface area contributed by atoms with Gasteiger partial charge in [0.2, 0.25) is 0 Å². The van der Waals surface area contributed by atoms with Crippen LogP contribution in [-0.2, 0) is 26.6 Å². The molecule has 2 aromatic carbocycles. The summed E-state index contributed by atoms with van der Waals surface area (Å²) in [7, 11) is -1.80. The van der Waals surface area contributed by atoms with Crippen molar-refractivity contribution in [2.75, 3.05) is 24.7 Å². The lowest BCUT2D eigenvalue weighted by atomic mass is 9.87. The molecule has 0 spiro atoms. The molecule has 0 fully saturated rings. The third-order valence-corrected chi connectivity index (χ3v) is 6.01. The molecule has 2 rings (SSSR count). The number of hydrogen-bond acceptors (Lipinski definition) is 4. The molecule has 0 unspecified atom stereocenters. The van der Waals surface area contributed by atoms with Crippen LogP contribution in [-0.4, -0.2) is 33.8 Å². The van der Waals surface area contributed by atoms with Gasteiger partial charge in [-0.1, -0.05) is 51.1 Å². The van der Waals surface area contributed by atoms with Crippen LogP contribution in [0.25, 0.3) is 0 Å². The van der Waals surface area contributed by atoms with Crippen molar-refractivity contribution in [2.45, 2.75) is 37.7 Å². The molecule has 0 saturated heterocycles. The molecular weight excluding hydrogens is 374 g/mol. The van der Waals surface area contributed by atoms with Gasteiger partial charge in [-0.2, -0.15) is 0 Å². The van der Waals surface area contributed by atoms with Crippen LogP contribution in [0.1, 0.15) is 31.9 Å². The Balaban J connectivity index is 2.01. The maximum absolute atomic E-state index is 12.5. The van der Waals surface area contributed by atoms with E-state index in [1.807, 2.05) is 36.4 Å². The van der Waals surface area contributed by atoms with E-state index in [2.05, 4.69) is 31.1 Å². The zero-order valence-corrected chi connectivity index (χ0v) is 17.7. The number of guanidine groups is 1. The van der Waals surface area contributed by atoms with E-state index in [4.69, 9.17) is 10.5 Å². The standard InChI is InChI=1S/C21H29N3O3S/c1-21(2,3)17-9-11-18(12-10-17)28(25,26)14-13-23-20(22)24-19-8-6-5-7-16(19)15-27-4/h5-12H,13-15H2,1-4H3,(H3,22,23,24). The van der Waals surface area contributed by atoms with Gasteiger partial charge in [-0.05, 0) is 29.2 Å². The first-order chi connectivity index (χ1) is 13.1. The predicted octanol–water partition coefficient (Wildman–Crippen LogP) is 3.33. The van der Waals surface area contributed by atoms with Crippen LogP contribution >= 0.6 is 0 Å². The molecule has 0 aliphatic carbocycles. The summed E-state index contributed by atoms with van der Waals surface area (Å²) in [4.78, 5) is 4.45. The molecule has 0 saturated carbocycles. The van der Waals surface area contributed by atoms with Gasteiger partial charge in [0, 0.05) is 18.4 Å². The first-order valence-corrected chi connectivity index (χ1v) is 10.8. The van der Waals surface area contributed by atoms with Gasteiger partial charge in [0.25, 0.3) is 0 Å². The number of para-hydroxylation sites is 1. The molecule has 28 heavy (non-hydrogen) atoms. The number of rotatable bonds is 7. The van der Waals surface area contributed by atoms with Crippen molar-refractivity contribution >= 4 is 21.5 Å². The Morgan fingerprint density at radius 1 is 1.11 bits per heavy atom. The number of ether oxygens (including phenoxy) is 1. The fourth-order valence-corrected chi connectivity index (χ4v) is 3.79. The van der Waals surface area contributed by atoms with Crippen LogP contribution in [0.15, 0.2) is 58.4 Å². The highest BCUT2D eigenvalue weighted by Crippen LogP contribution is 2.23. The number of benzene rings is 2. The van der Waals surface area contributed by atoms with Crippen molar-refractivity contribution in [2.24, 2.45) is 10.7 Å². The van der Waals surface area contributed by atoms with Gasteiger partial charge in [0.05, 0.1) is 23.8 Å². The van der Waals surface area contributed by atoms with Crippen LogP contribution in [0, 0.1) is 0 Å². The van der Waals surface area contributed by atoms with Crippen LogP contribution in [0.5, 0.6) is 0 Å². The highest BCUT2D eigenvalue weighted by molar-refractivity contribution is 7.91. The quantitative estimate of drug-likeness (QED) is 0.546. The number of aliphatic imine (C=N–C) groups is 1. The predicted molar refractivity (Wildman–Crippen MR) is 114 cm³/mol. The van der Waals surface area contributed by atoms with Crippen molar-refractivity contribution in [3.8, 4) is 0 Å². The van der Waals surface area contributed by atoms with Crippen molar-refractivity contribution < 1.29 is 13.2 Å². The lowest BCUT2D eigenvalue weighted by molar-refractivity contribution is 0.185. The van der Waals surface area contributed by atoms with Crippen LogP contribution in [0.2, 0.25) is 0 Å². The Kier molecular flexibility index (Phi) is 7.21. The third-order valence-electron chi connectivity index (χ3n) is 4.30. The number of nitrogens with zero attached hydrogens (tertiary/aromatic N) is 1. The van der Waals surface area contributed by atoms with Gasteiger partial charge >= 0.3 is 0 Å². The van der Waals surface area contributed by atoms with E-state index < -0.39 is 9.84 Å². The van der Waals surface area contributed by atoms with E-state index in [1.54, 1.807) is 19.2 Å². The van der Waals surface area contributed by atoms with Crippen molar-refractivity contribution in [3.05, 3.63) is 59.7 Å². The largest absolute Gasteiger partial charge is 0.380 e. The first kappa shape index (κ1) is 21.9. The van der Waals surface area contributed by atoms with Gasteiger partial charge < -0.3 is 15.8 Å². The summed E-state index contributed by atoms with van der Waals surface area (Å²) in [5.41, 5.74) is 8.70. The summed E-state index contributed by atoms with van der Waals surface area (Å²) in [6, 6.07) is 14.6. The Morgan fingerprint density at radius 3 is 2.36 bits per heavy atom. The second-order valence-electron chi connectivity index (χ2n) is 7.58. The number of methoxy groups -OCH3 is 1.